The number of benzene rings is 2. The third-order valence-corrected chi connectivity index (χ3v) is 4.50. The van der Waals surface area contributed by atoms with E-state index >= 15 is 0 Å². The molecule has 0 unspecified atom stereocenters. The SMILES string of the molecule is CCOc1ccc(S(=O)(=O)Nc2ccc(C)c([N+](=O)[O-])c2)cc1. The summed E-state index contributed by atoms with van der Waals surface area (Å²) in [4.78, 5) is 10.4. The van der Waals surface area contributed by atoms with Gasteiger partial charge in [-0.3, -0.25) is 14.8 Å². The van der Waals surface area contributed by atoms with Gasteiger partial charge in [-0.1, -0.05) is 6.07 Å². The molecule has 0 aliphatic heterocycles. The van der Waals surface area contributed by atoms with Crippen LogP contribution >= 0.6 is 0 Å². The lowest BCUT2D eigenvalue weighted by Gasteiger charge is -2.09. The van der Waals surface area contributed by atoms with Gasteiger partial charge >= 0.3 is 0 Å². The number of ether oxygens (including phenoxy) is 1. The number of anilines is 1. The zero-order valence-electron chi connectivity index (χ0n) is 12.6. The largest absolute Gasteiger partial charge is 0.494 e. The van der Waals surface area contributed by atoms with E-state index in [4.69, 9.17) is 4.74 Å². The van der Waals surface area contributed by atoms with Crippen LogP contribution in [0.2, 0.25) is 0 Å². The highest BCUT2D eigenvalue weighted by molar-refractivity contribution is 7.92. The fourth-order valence-corrected chi connectivity index (χ4v) is 3.01. The predicted octanol–water partition coefficient (Wildman–Crippen LogP) is 3.10. The van der Waals surface area contributed by atoms with E-state index in [1.807, 2.05) is 6.92 Å². The van der Waals surface area contributed by atoms with Crippen molar-refractivity contribution in [3.63, 3.8) is 0 Å². The fraction of sp³-hybridized carbons (Fsp3) is 0.200. The van der Waals surface area contributed by atoms with Crippen molar-refractivity contribution >= 4 is 21.4 Å². The molecule has 122 valence electrons. The van der Waals surface area contributed by atoms with Crippen molar-refractivity contribution in [3.8, 4) is 5.75 Å². The maximum absolute atomic E-state index is 12.3. The molecule has 2 aromatic rings. The summed E-state index contributed by atoms with van der Waals surface area (Å²) in [5, 5.41) is 10.9. The molecule has 0 radical (unpaired) electrons. The molecule has 0 atom stereocenters. The molecule has 0 amide bonds. The van der Waals surface area contributed by atoms with Crippen LogP contribution in [0.1, 0.15) is 12.5 Å². The Bertz CT molecular complexity index is 816. The van der Waals surface area contributed by atoms with Crippen LogP contribution in [0.4, 0.5) is 11.4 Å². The molecule has 8 heteroatoms. The van der Waals surface area contributed by atoms with Crippen LogP contribution in [-0.2, 0) is 10.0 Å². The molecule has 0 spiro atoms. The van der Waals surface area contributed by atoms with Crippen LogP contribution in [0.15, 0.2) is 47.4 Å². The molecule has 0 aromatic heterocycles. The van der Waals surface area contributed by atoms with Gasteiger partial charge in [0.1, 0.15) is 5.75 Å². The van der Waals surface area contributed by atoms with Gasteiger partial charge < -0.3 is 4.74 Å². The Morgan fingerprint density at radius 3 is 2.39 bits per heavy atom. The van der Waals surface area contributed by atoms with Crippen molar-refractivity contribution in [2.45, 2.75) is 18.7 Å². The highest BCUT2D eigenvalue weighted by Gasteiger charge is 2.17. The third kappa shape index (κ3) is 3.98. The van der Waals surface area contributed by atoms with Crippen molar-refractivity contribution in [3.05, 3.63) is 58.1 Å². The summed E-state index contributed by atoms with van der Waals surface area (Å²) in [5.74, 6) is 0.567. The van der Waals surface area contributed by atoms with Crippen molar-refractivity contribution < 1.29 is 18.1 Å². The first kappa shape index (κ1) is 16.8. The Labute approximate surface area is 134 Å². The van der Waals surface area contributed by atoms with Crippen molar-refractivity contribution in [1.29, 1.82) is 0 Å². The second-order valence-electron chi connectivity index (χ2n) is 4.77. The minimum absolute atomic E-state index is 0.0455. The molecule has 23 heavy (non-hydrogen) atoms. The Morgan fingerprint density at radius 2 is 1.83 bits per heavy atom. The van der Waals surface area contributed by atoms with Gasteiger partial charge in [-0.25, -0.2) is 8.42 Å². The second kappa shape index (κ2) is 6.66. The van der Waals surface area contributed by atoms with Crippen LogP contribution in [0.25, 0.3) is 0 Å². The molecule has 0 saturated heterocycles. The summed E-state index contributed by atoms with van der Waals surface area (Å²) < 4.78 is 32.2. The Balaban J connectivity index is 2.27. The van der Waals surface area contributed by atoms with E-state index in [0.29, 0.717) is 17.9 Å². The Kier molecular flexibility index (Phi) is 4.85. The lowest BCUT2D eigenvalue weighted by molar-refractivity contribution is -0.385. The first-order valence-corrected chi connectivity index (χ1v) is 8.32. The van der Waals surface area contributed by atoms with Crippen LogP contribution in [0.5, 0.6) is 5.75 Å². The maximum atomic E-state index is 12.3. The monoisotopic (exact) mass is 336 g/mol. The number of rotatable bonds is 6. The number of nitrogens with one attached hydrogen (secondary N) is 1. The number of hydrogen-bond donors (Lipinski definition) is 1. The minimum atomic E-state index is -3.83. The van der Waals surface area contributed by atoms with E-state index in [9.17, 15) is 18.5 Å². The van der Waals surface area contributed by atoms with Crippen molar-refractivity contribution in [2.24, 2.45) is 0 Å². The number of nitro groups is 1. The van der Waals surface area contributed by atoms with E-state index < -0.39 is 14.9 Å². The number of nitrogens with zero attached hydrogens (tertiary/aromatic N) is 1. The summed E-state index contributed by atoms with van der Waals surface area (Å²) >= 11 is 0. The molecule has 0 bridgehead atoms. The summed E-state index contributed by atoms with van der Waals surface area (Å²) in [5.41, 5.74) is 0.451. The highest BCUT2D eigenvalue weighted by Crippen LogP contribution is 2.25. The molecule has 0 aliphatic rings. The number of sulfonamides is 1. The predicted molar refractivity (Wildman–Crippen MR) is 86.3 cm³/mol. The van der Waals surface area contributed by atoms with Gasteiger partial charge in [-0.05, 0) is 44.2 Å². The minimum Gasteiger partial charge on any atom is -0.494 e. The molecule has 0 heterocycles. The molecule has 0 aliphatic carbocycles. The average Bonchev–Trinajstić information content (AvgIpc) is 2.49. The van der Waals surface area contributed by atoms with Gasteiger partial charge in [0.25, 0.3) is 15.7 Å². The van der Waals surface area contributed by atoms with Crippen molar-refractivity contribution in [1.82, 2.24) is 0 Å². The first-order valence-electron chi connectivity index (χ1n) is 6.84. The topological polar surface area (TPSA) is 98.5 Å². The average molecular weight is 336 g/mol. The molecule has 2 aromatic carbocycles. The van der Waals surface area contributed by atoms with E-state index in [-0.39, 0.29) is 16.3 Å². The molecular weight excluding hydrogens is 320 g/mol. The molecular formula is C15H16N2O5S. The van der Waals surface area contributed by atoms with Crippen molar-refractivity contribution in [2.75, 3.05) is 11.3 Å². The maximum Gasteiger partial charge on any atom is 0.274 e. The van der Waals surface area contributed by atoms with Gasteiger partial charge in [-0.2, -0.15) is 0 Å². The Hall–Kier alpha value is -2.61. The van der Waals surface area contributed by atoms with Gasteiger partial charge in [0, 0.05) is 11.6 Å². The Morgan fingerprint density at radius 1 is 1.17 bits per heavy atom. The van der Waals surface area contributed by atoms with Gasteiger partial charge in [0.05, 0.1) is 22.1 Å². The van der Waals surface area contributed by atoms with Crippen LogP contribution in [0, 0.1) is 17.0 Å². The fourth-order valence-electron chi connectivity index (χ4n) is 1.97. The number of hydrogen-bond acceptors (Lipinski definition) is 5. The lowest BCUT2D eigenvalue weighted by atomic mass is 10.2. The normalized spacial score (nSPS) is 11.0. The lowest BCUT2D eigenvalue weighted by Crippen LogP contribution is -2.13. The van der Waals surface area contributed by atoms with Crippen LogP contribution < -0.4 is 9.46 Å². The first-order chi connectivity index (χ1) is 10.8. The van der Waals surface area contributed by atoms with E-state index in [2.05, 4.69) is 4.72 Å². The second-order valence-corrected chi connectivity index (χ2v) is 6.45. The summed E-state index contributed by atoms with van der Waals surface area (Å²) in [6.07, 6.45) is 0. The summed E-state index contributed by atoms with van der Waals surface area (Å²) in [6.45, 7) is 3.90. The molecule has 1 N–H and O–H groups in total. The van der Waals surface area contributed by atoms with Crippen LogP contribution in [0.3, 0.4) is 0 Å². The van der Waals surface area contributed by atoms with Gasteiger partial charge in [0.2, 0.25) is 0 Å². The summed E-state index contributed by atoms with van der Waals surface area (Å²) in [7, 11) is -3.83. The quantitative estimate of drug-likeness (QED) is 0.645. The van der Waals surface area contributed by atoms with Gasteiger partial charge in [-0.15, -0.1) is 0 Å². The van der Waals surface area contributed by atoms with E-state index in [1.165, 1.54) is 30.3 Å². The van der Waals surface area contributed by atoms with E-state index in [1.54, 1.807) is 19.1 Å². The standard InChI is InChI=1S/C15H16N2O5S/c1-3-22-13-6-8-14(9-7-13)23(20,21)16-12-5-4-11(2)15(10-12)17(18)19/h4-10,16H,3H2,1-2H3. The number of aryl methyl sites for hydroxylation is 1. The van der Waals surface area contributed by atoms with E-state index in [0.717, 1.165) is 0 Å². The van der Waals surface area contributed by atoms with Gasteiger partial charge in [0.15, 0.2) is 0 Å². The molecule has 0 saturated carbocycles. The zero-order chi connectivity index (χ0) is 17.0. The highest BCUT2D eigenvalue weighted by atomic mass is 32.2. The van der Waals surface area contributed by atoms with Crippen LogP contribution in [-0.4, -0.2) is 19.9 Å². The molecule has 0 fully saturated rings. The molecule has 2 rings (SSSR count). The summed E-state index contributed by atoms with van der Waals surface area (Å²) in [6, 6.07) is 10.1. The zero-order valence-corrected chi connectivity index (χ0v) is 13.5. The third-order valence-electron chi connectivity index (χ3n) is 3.10. The smallest absolute Gasteiger partial charge is 0.274 e. The number of nitro benzene ring substituents is 1. The molecule has 7 nitrogen and oxygen atoms in total.